The fourth-order valence-corrected chi connectivity index (χ4v) is 2.58. The van der Waals surface area contributed by atoms with E-state index in [4.69, 9.17) is 10.00 Å². The van der Waals surface area contributed by atoms with Crippen LogP contribution in [0.15, 0.2) is 24.4 Å². The van der Waals surface area contributed by atoms with Gasteiger partial charge < -0.3 is 9.72 Å². The molecule has 0 bridgehead atoms. The fourth-order valence-electron chi connectivity index (χ4n) is 2.58. The number of hydrogen-bond donors (Lipinski definition) is 1. The van der Waals surface area contributed by atoms with Crippen molar-refractivity contribution < 1.29 is 9.53 Å². The summed E-state index contributed by atoms with van der Waals surface area (Å²) in [7, 11) is 0. The van der Waals surface area contributed by atoms with Crippen molar-refractivity contribution in [1.29, 1.82) is 5.26 Å². The van der Waals surface area contributed by atoms with E-state index in [-0.39, 0.29) is 17.8 Å². The van der Waals surface area contributed by atoms with Crippen molar-refractivity contribution in [2.24, 2.45) is 5.92 Å². The first kappa shape index (κ1) is 11.9. The highest BCUT2D eigenvalue weighted by atomic mass is 16.5. The van der Waals surface area contributed by atoms with Crippen LogP contribution >= 0.6 is 0 Å². The molecule has 0 saturated carbocycles. The van der Waals surface area contributed by atoms with Gasteiger partial charge >= 0.3 is 0 Å². The molecule has 0 radical (unpaired) electrons. The fraction of sp³-hybridized carbons (Fsp3) is 0.333. The Kier molecular flexibility index (Phi) is 2.84. The van der Waals surface area contributed by atoms with Crippen LogP contribution in [0, 0.1) is 17.2 Å². The van der Waals surface area contributed by atoms with Crippen LogP contribution in [0.4, 0.5) is 0 Å². The lowest BCUT2D eigenvalue weighted by atomic mass is 9.95. The number of nitriles is 1. The lowest BCUT2D eigenvalue weighted by Crippen LogP contribution is -2.25. The summed E-state index contributed by atoms with van der Waals surface area (Å²) in [6.07, 6.45) is 2.27. The number of Topliss-reactive ketones (excluding diaryl/α,β-unsaturated/α-hetero) is 1. The number of aromatic amines is 1. The van der Waals surface area contributed by atoms with Crippen LogP contribution in [0.3, 0.4) is 0 Å². The number of aromatic nitrogens is 1. The summed E-state index contributed by atoms with van der Waals surface area (Å²) in [5.41, 5.74) is 2.04. The number of ether oxygens (including phenoxy) is 1. The van der Waals surface area contributed by atoms with Gasteiger partial charge in [-0.1, -0.05) is 6.92 Å². The summed E-state index contributed by atoms with van der Waals surface area (Å²) in [6.45, 7) is 2.68. The topological polar surface area (TPSA) is 65.9 Å². The van der Waals surface area contributed by atoms with Crippen LogP contribution in [0.1, 0.15) is 29.3 Å². The average molecular weight is 254 g/mol. The van der Waals surface area contributed by atoms with Crippen molar-refractivity contribution in [2.45, 2.75) is 19.4 Å². The Labute approximate surface area is 111 Å². The second-order valence-electron chi connectivity index (χ2n) is 5.00. The Morgan fingerprint density at radius 3 is 3.05 bits per heavy atom. The molecular formula is C15H14N2O2. The van der Waals surface area contributed by atoms with Crippen molar-refractivity contribution in [3.05, 3.63) is 35.5 Å². The molecule has 2 heterocycles. The normalized spacial score (nSPS) is 22.5. The summed E-state index contributed by atoms with van der Waals surface area (Å²) in [5.74, 6) is 0.253. The Bertz CT molecular complexity index is 681. The molecule has 1 N–H and O–H groups in total. The van der Waals surface area contributed by atoms with Crippen LogP contribution in [0.5, 0.6) is 0 Å². The molecule has 0 spiro atoms. The SMILES string of the molecule is CC1CCOC1C(=O)c1c[nH]c2ccc(C#N)cc12. The molecular weight excluding hydrogens is 240 g/mol. The third-order valence-corrected chi connectivity index (χ3v) is 3.72. The molecule has 4 nitrogen and oxygen atoms in total. The second-order valence-corrected chi connectivity index (χ2v) is 5.00. The molecule has 19 heavy (non-hydrogen) atoms. The van der Waals surface area contributed by atoms with Crippen molar-refractivity contribution in [3.63, 3.8) is 0 Å². The third-order valence-electron chi connectivity index (χ3n) is 3.72. The van der Waals surface area contributed by atoms with Gasteiger partial charge in [-0.3, -0.25) is 4.79 Å². The Balaban J connectivity index is 2.05. The standard InChI is InChI=1S/C15H14N2O2/c1-9-4-5-19-15(9)14(18)12-8-17-13-3-2-10(7-16)6-11(12)13/h2-3,6,8-9,15,17H,4-5H2,1H3. The molecule has 2 aromatic rings. The van der Waals surface area contributed by atoms with Gasteiger partial charge in [0.15, 0.2) is 5.78 Å². The van der Waals surface area contributed by atoms with Crippen LogP contribution < -0.4 is 0 Å². The zero-order chi connectivity index (χ0) is 13.4. The Morgan fingerprint density at radius 1 is 1.53 bits per heavy atom. The number of ketones is 1. The van der Waals surface area contributed by atoms with Crippen molar-refractivity contribution in [3.8, 4) is 6.07 Å². The summed E-state index contributed by atoms with van der Waals surface area (Å²) in [6, 6.07) is 7.41. The number of carbonyl (C=O) groups excluding carboxylic acids is 1. The number of carbonyl (C=O) groups is 1. The first-order chi connectivity index (χ1) is 9.20. The maximum absolute atomic E-state index is 12.5. The predicted molar refractivity (Wildman–Crippen MR) is 70.9 cm³/mol. The zero-order valence-corrected chi connectivity index (χ0v) is 10.6. The van der Waals surface area contributed by atoms with Crippen molar-refractivity contribution in [1.82, 2.24) is 4.98 Å². The van der Waals surface area contributed by atoms with Gasteiger partial charge in [-0.15, -0.1) is 0 Å². The van der Waals surface area contributed by atoms with E-state index in [9.17, 15) is 4.79 Å². The Morgan fingerprint density at radius 2 is 2.37 bits per heavy atom. The zero-order valence-electron chi connectivity index (χ0n) is 10.6. The van der Waals surface area contributed by atoms with Gasteiger partial charge in [0.05, 0.1) is 11.6 Å². The molecule has 0 aliphatic carbocycles. The van der Waals surface area contributed by atoms with Gasteiger partial charge in [-0.05, 0) is 30.5 Å². The molecule has 1 aliphatic rings. The molecule has 1 aromatic carbocycles. The minimum absolute atomic E-state index is 0.00587. The number of fused-ring (bicyclic) bond motifs is 1. The highest BCUT2D eigenvalue weighted by Crippen LogP contribution is 2.27. The average Bonchev–Trinajstić information content (AvgIpc) is 3.03. The van der Waals surface area contributed by atoms with Crippen LogP contribution in [-0.2, 0) is 4.74 Å². The van der Waals surface area contributed by atoms with Crippen molar-refractivity contribution >= 4 is 16.7 Å². The molecule has 2 unspecified atom stereocenters. The number of benzene rings is 1. The van der Waals surface area contributed by atoms with E-state index < -0.39 is 0 Å². The van der Waals surface area contributed by atoms with E-state index in [0.29, 0.717) is 17.7 Å². The molecule has 1 fully saturated rings. The second kappa shape index (κ2) is 4.52. The van der Waals surface area contributed by atoms with E-state index in [0.717, 1.165) is 17.3 Å². The molecule has 1 aromatic heterocycles. The number of rotatable bonds is 2. The minimum atomic E-state index is -0.357. The summed E-state index contributed by atoms with van der Waals surface area (Å²) in [4.78, 5) is 15.6. The first-order valence-electron chi connectivity index (χ1n) is 6.38. The first-order valence-corrected chi connectivity index (χ1v) is 6.38. The van der Waals surface area contributed by atoms with Crippen molar-refractivity contribution in [2.75, 3.05) is 6.61 Å². The van der Waals surface area contributed by atoms with Gasteiger partial charge in [0.1, 0.15) is 6.10 Å². The molecule has 0 amide bonds. The van der Waals surface area contributed by atoms with Gasteiger partial charge in [0.25, 0.3) is 0 Å². The monoisotopic (exact) mass is 254 g/mol. The smallest absolute Gasteiger partial charge is 0.193 e. The lowest BCUT2D eigenvalue weighted by Gasteiger charge is -2.12. The molecule has 1 aliphatic heterocycles. The molecule has 3 rings (SSSR count). The number of nitrogens with zero attached hydrogens (tertiary/aromatic N) is 1. The van der Waals surface area contributed by atoms with Crippen LogP contribution in [-0.4, -0.2) is 23.5 Å². The molecule has 1 saturated heterocycles. The summed E-state index contributed by atoms with van der Waals surface area (Å²) < 4.78 is 5.53. The number of nitrogens with one attached hydrogen (secondary N) is 1. The third kappa shape index (κ3) is 1.92. The maximum Gasteiger partial charge on any atom is 0.193 e. The predicted octanol–water partition coefficient (Wildman–Crippen LogP) is 2.65. The number of hydrogen-bond acceptors (Lipinski definition) is 3. The highest BCUT2D eigenvalue weighted by molar-refractivity contribution is 6.10. The van der Waals surface area contributed by atoms with Gasteiger partial charge in [0, 0.05) is 29.3 Å². The summed E-state index contributed by atoms with van der Waals surface area (Å²) in [5, 5.41) is 9.75. The quantitative estimate of drug-likeness (QED) is 0.838. The van der Waals surface area contributed by atoms with E-state index in [1.54, 1.807) is 18.3 Å². The van der Waals surface area contributed by atoms with E-state index in [1.165, 1.54) is 0 Å². The lowest BCUT2D eigenvalue weighted by molar-refractivity contribution is 0.0581. The van der Waals surface area contributed by atoms with Crippen LogP contribution in [0.25, 0.3) is 10.9 Å². The highest BCUT2D eigenvalue weighted by Gasteiger charge is 2.32. The van der Waals surface area contributed by atoms with Crippen LogP contribution in [0.2, 0.25) is 0 Å². The van der Waals surface area contributed by atoms with Gasteiger partial charge in [-0.25, -0.2) is 0 Å². The van der Waals surface area contributed by atoms with E-state index in [2.05, 4.69) is 11.1 Å². The minimum Gasteiger partial charge on any atom is -0.370 e. The van der Waals surface area contributed by atoms with E-state index in [1.807, 2.05) is 13.0 Å². The number of H-pyrrole nitrogens is 1. The molecule has 2 atom stereocenters. The van der Waals surface area contributed by atoms with E-state index >= 15 is 0 Å². The van der Waals surface area contributed by atoms with Gasteiger partial charge in [0.2, 0.25) is 0 Å². The maximum atomic E-state index is 12.5. The summed E-state index contributed by atoms with van der Waals surface area (Å²) >= 11 is 0. The van der Waals surface area contributed by atoms with Gasteiger partial charge in [-0.2, -0.15) is 5.26 Å². The molecule has 96 valence electrons. The largest absolute Gasteiger partial charge is 0.370 e. The molecule has 4 heteroatoms. The Hall–Kier alpha value is -2.12.